The van der Waals surface area contributed by atoms with Crippen LogP contribution in [0.2, 0.25) is 0 Å². The second kappa shape index (κ2) is 1.82. The summed E-state index contributed by atoms with van der Waals surface area (Å²) < 4.78 is 0. The minimum Gasteiger partial charge on any atom is -0.327 e. The molecular formula is C7H9NS. The van der Waals surface area contributed by atoms with Gasteiger partial charge in [0.25, 0.3) is 0 Å². The first-order valence-electron chi connectivity index (χ1n) is 3.17. The predicted molar refractivity (Wildman–Crippen MR) is 39.7 cm³/mol. The van der Waals surface area contributed by atoms with E-state index in [4.69, 9.17) is 5.73 Å². The van der Waals surface area contributed by atoms with Gasteiger partial charge in [-0.1, -0.05) is 6.07 Å². The van der Waals surface area contributed by atoms with Crippen LogP contribution in [0.5, 0.6) is 0 Å². The molecule has 0 aliphatic heterocycles. The van der Waals surface area contributed by atoms with E-state index in [0.717, 1.165) is 0 Å². The van der Waals surface area contributed by atoms with Gasteiger partial charge in [-0.15, -0.1) is 11.3 Å². The van der Waals surface area contributed by atoms with Crippen molar-refractivity contribution in [2.45, 2.75) is 18.4 Å². The van der Waals surface area contributed by atoms with Crippen molar-refractivity contribution in [3.63, 3.8) is 0 Å². The molecule has 1 aliphatic carbocycles. The topological polar surface area (TPSA) is 26.0 Å². The zero-order valence-electron chi connectivity index (χ0n) is 5.08. The number of hydrogen-bond donors (Lipinski definition) is 1. The van der Waals surface area contributed by atoms with Crippen LogP contribution in [0.15, 0.2) is 17.5 Å². The molecule has 0 bridgehead atoms. The fourth-order valence-electron chi connectivity index (χ4n) is 1.04. The quantitative estimate of drug-likeness (QED) is 0.628. The molecule has 2 N–H and O–H groups in total. The van der Waals surface area contributed by atoms with Crippen molar-refractivity contribution in [3.05, 3.63) is 22.4 Å². The van der Waals surface area contributed by atoms with E-state index in [1.54, 1.807) is 0 Å². The molecule has 1 aromatic rings. The maximum Gasteiger partial charge on any atom is 0.0123 e. The van der Waals surface area contributed by atoms with Crippen molar-refractivity contribution in [2.24, 2.45) is 5.73 Å². The summed E-state index contributed by atoms with van der Waals surface area (Å²) >= 11 is 1.82. The lowest BCUT2D eigenvalue weighted by molar-refractivity contribution is 1.01. The molecule has 0 aromatic carbocycles. The molecule has 1 saturated carbocycles. The molecule has 0 amide bonds. The van der Waals surface area contributed by atoms with Crippen molar-refractivity contribution >= 4 is 11.3 Å². The standard InChI is InChI=1S/C7H9NS/c8-6-4-5(6)7-2-1-3-9-7/h1-3,5-6H,4,8H2/t5-,6+/m0/s1. The molecule has 2 atom stereocenters. The summed E-state index contributed by atoms with van der Waals surface area (Å²) in [5.41, 5.74) is 5.66. The third-order valence-corrected chi connectivity index (χ3v) is 2.75. The minimum absolute atomic E-state index is 0.462. The third-order valence-electron chi connectivity index (χ3n) is 1.75. The molecule has 0 unspecified atom stereocenters. The average Bonchev–Trinajstić information content (AvgIpc) is 2.44. The summed E-state index contributed by atoms with van der Waals surface area (Å²) in [6, 6.07) is 4.72. The largest absolute Gasteiger partial charge is 0.327 e. The van der Waals surface area contributed by atoms with Gasteiger partial charge in [0.15, 0.2) is 0 Å². The van der Waals surface area contributed by atoms with Crippen molar-refractivity contribution in [2.75, 3.05) is 0 Å². The van der Waals surface area contributed by atoms with Crippen LogP contribution in [-0.2, 0) is 0 Å². The van der Waals surface area contributed by atoms with E-state index in [9.17, 15) is 0 Å². The molecule has 48 valence electrons. The van der Waals surface area contributed by atoms with Crippen molar-refractivity contribution in [1.82, 2.24) is 0 Å². The second-order valence-corrected chi connectivity index (χ2v) is 3.50. The highest BCUT2D eigenvalue weighted by atomic mass is 32.1. The smallest absolute Gasteiger partial charge is 0.0123 e. The van der Waals surface area contributed by atoms with Gasteiger partial charge in [-0.25, -0.2) is 0 Å². The molecule has 0 spiro atoms. The third kappa shape index (κ3) is 0.884. The first kappa shape index (κ1) is 5.45. The van der Waals surface area contributed by atoms with Gasteiger partial charge in [0.05, 0.1) is 0 Å². The highest BCUT2D eigenvalue weighted by Gasteiger charge is 2.35. The van der Waals surface area contributed by atoms with Gasteiger partial charge in [-0.2, -0.15) is 0 Å². The number of hydrogen-bond acceptors (Lipinski definition) is 2. The van der Waals surface area contributed by atoms with Gasteiger partial charge in [0, 0.05) is 16.8 Å². The van der Waals surface area contributed by atoms with Gasteiger partial charge in [0.2, 0.25) is 0 Å². The molecule has 1 aliphatic rings. The summed E-state index contributed by atoms with van der Waals surface area (Å²) in [5.74, 6) is 0.699. The Hall–Kier alpha value is -0.340. The van der Waals surface area contributed by atoms with Gasteiger partial charge >= 0.3 is 0 Å². The highest BCUT2D eigenvalue weighted by Crippen LogP contribution is 2.40. The summed E-state index contributed by atoms with van der Waals surface area (Å²) in [6.45, 7) is 0. The fourth-order valence-corrected chi connectivity index (χ4v) is 1.96. The van der Waals surface area contributed by atoms with Crippen LogP contribution in [0.3, 0.4) is 0 Å². The van der Waals surface area contributed by atoms with Crippen LogP contribution in [0.25, 0.3) is 0 Å². The summed E-state index contributed by atoms with van der Waals surface area (Å²) in [4.78, 5) is 1.46. The van der Waals surface area contributed by atoms with Crippen LogP contribution >= 0.6 is 11.3 Å². The molecule has 0 saturated heterocycles. The highest BCUT2D eigenvalue weighted by molar-refractivity contribution is 7.10. The normalized spacial score (nSPS) is 32.6. The lowest BCUT2D eigenvalue weighted by Crippen LogP contribution is -1.99. The summed E-state index contributed by atoms with van der Waals surface area (Å²) in [7, 11) is 0. The minimum atomic E-state index is 0.462. The van der Waals surface area contributed by atoms with Gasteiger partial charge in [-0.3, -0.25) is 0 Å². The molecule has 1 nitrogen and oxygen atoms in total. The molecule has 2 heteroatoms. The lowest BCUT2D eigenvalue weighted by Gasteiger charge is -1.86. The second-order valence-electron chi connectivity index (χ2n) is 2.52. The van der Waals surface area contributed by atoms with Crippen molar-refractivity contribution < 1.29 is 0 Å². The van der Waals surface area contributed by atoms with E-state index in [1.807, 2.05) is 11.3 Å². The molecule has 1 fully saturated rings. The van der Waals surface area contributed by atoms with E-state index in [1.165, 1.54) is 11.3 Å². The summed E-state index contributed by atoms with van der Waals surface area (Å²) in [5, 5.41) is 2.11. The Labute approximate surface area is 58.5 Å². The Balaban J connectivity index is 2.18. The first-order chi connectivity index (χ1) is 4.38. The zero-order valence-corrected chi connectivity index (χ0v) is 5.90. The van der Waals surface area contributed by atoms with E-state index in [-0.39, 0.29) is 0 Å². The Kier molecular flexibility index (Phi) is 1.10. The predicted octanol–water partition coefficient (Wildman–Crippen LogP) is 1.56. The molecule has 1 heterocycles. The van der Waals surface area contributed by atoms with Crippen LogP contribution < -0.4 is 5.73 Å². The lowest BCUT2D eigenvalue weighted by atomic mass is 10.3. The van der Waals surface area contributed by atoms with Crippen LogP contribution in [-0.4, -0.2) is 6.04 Å². The Morgan fingerprint density at radius 2 is 2.44 bits per heavy atom. The number of thiophene rings is 1. The average molecular weight is 139 g/mol. The maximum absolute atomic E-state index is 5.66. The Morgan fingerprint density at radius 3 is 2.89 bits per heavy atom. The first-order valence-corrected chi connectivity index (χ1v) is 4.05. The fraction of sp³-hybridized carbons (Fsp3) is 0.429. The van der Waals surface area contributed by atoms with Crippen molar-refractivity contribution in [1.29, 1.82) is 0 Å². The number of rotatable bonds is 1. The van der Waals surface area contributed by atoms with Gasteiger partial charge in [0.1, 0.15) is 0 Å². The zero-order chi connectivity index (χ0) is 6.27. The van der Waals surface area contributed by atoms with E-state index < -0.39 is 0 Å². The van der Waals surface area contributed by atoms with E-state index in [2.05, 4.69) is 17.5 Å². The monoisotopic (exact) mass is 139 g/mol. The van der Waals surface area contributed by atoms with Crippen molar-refractivity contribution in [3.8, 4) is 0 Å². The van der Waals surface area contributed by atoms with Gasteiger partial charge in [-0.05, 0) is 17.9 Å². The molecular weight excluding hydrogens is 130 g/mol. The molecule has 0 radical (unpaired) electrons. The van der Waals surface area contributed by atoms with Crippen LogP contribution in [0, 0.1) is 0 Å². The van der Waals surface area contributed by atoms with E-state index >= 15 is 0 Å². The molecule has 1 aromatic heterocycles. The Bertz CT molecular complexity index is 193. The Morgan fingerprint density at radius 1 is 1.67 bits per heavy atom. The number of nitrogens with two attached hydrogens (primary N) is 1. The molecule has 2 rings (SSSR count). The van der Waals surface area contributed by atoms with Gasteiger partial charge < -0.3 is 5.73 Å². The maximum atomic E-state index is 5.66. The SMILES string of the molecule is N[C@@H]1C[C@@H]1c1cccs1. The van der Waals surface area contributed by atoms with E-state index in [0.29, 0.717) is 12.0 Å². The van der Waals surface area contributed by atoms with Crippen LogP contribution in [0.1, 0.15) is 17.2 Å². The molecule has 9 heavy (non-hydrogen) atoms. The van der Waals surface area contributed by atoms with Crippen LogP contribution in [0.4, 0.5) is 0 Å². The summed E-state index contributed by atoms with van der Waals surface area (Å²) in [6.07, 6.45) is 1.19.